The van der Waals surface area contributed by atoms with Crippen molar-refractivity contribution in [3.05, 3.63) is 60.7 Å². The molecule has 0 saturated heterocycles. The summed E-state index contributed by atoms with van der Waals surface area (Å²) in [4.78, 5) is 2.03. The molecule has 0 unspecified atom stereocenters. The van der Waals surface area contributed by atoms with E-state index in [0.717, 1.165) is 35.0 Å². The Labute approximate surface area is 165 Å². The molecule has 0 saturated carbocycles. The molecule has 1 aliphatic heterocycles. The topological polar surface area (TPSA) is 43.0 Å². The van der Waals surface area contributed by atoms with Crippen molar-refractivity contribution in [2.24, 2.45) is 0 Å². The Hall–Kier alpha value is -2.73. The maximum absolute atomic E-state index is 5.80. The fourth-order valence-corrected chi connectivity index (χ4v) is 3.14. The average Bonchev–Trinajstić information content (AvgIpc) is 2.71. The molecule has 0 amide bonds. The van der Waals surface area contributed by atoms with Crippen LogP contribution < -0.4 is 24.4 Å². The van der Waals surface area contributed by atoms with Gasteiger partial charge in [-0.05, 0) is 37.3 Å². The molecule has 0 fully saturated rings. The van der Waals surface area contributed by atoms with Gasteiger partial charge < -0.3 is 24.4 Å². The van der Waals surface area contributed by atoms with E-state index in [9.17, 15) is 0 Å². The number of ether oxygens (including phenoxy) is 3. The molecule has 5 nitrogen and oxygen atoms in total. The van der Waals surface area contributed by atoms with Crippen LogP contribution in [0.2, 0.25) is 0 Å². The van der Waals surface area contributed by atoms with Crippen molar-refractivity contribution in [2.45, 2.75) is 13.5 Å². The molecule has 0 spiro atoms. The van der Waals surface area contributed by atoms with E-state index < -0.39 is 0 Å². The minimum atomic E-state index is 0.457. The molecule has 6 heteroatoms. The summed E-state index contributed by atoms with van der Waals surface area (Å²) in [5, 5.41) is 3.88. The van der Waals surface area contributed by atoms with Gasteiger partial charge in [0.2, 0.25) is 0 Å². The third kappa shape index (κ3) is 4.71. The minimum absolute atomic E-state index is 0.457. The SMILES string of the molecule is C=CCOc1ccccc1CN(C(=S)NCC)c1ccc2c(c1)OCCO2. The largest absolute Gasteiger partial charge is 0.489 e. The van der Waals surface area contributed by atoms with E-state index in [4.69, 9.17) is 26.4 Å². The summed E-state index contributed by atoms with van der Waals surface area (Å²) in [6.07, 6.45) is 1.73. The van der Waals surface area contributed by atoms with Crippen LogP contribution in [-0.4, -0.2) is 31.5 Å². The summed E-state index contributed by atoms with van der Waals surface area (Å²) in [5.74, 6) is 2.31. The number of nitrogens with zero attached hydrogens (tertiary/aromatic N) is 1. The van der Waals surface area contributed by atoms with Gasteiger partial charge in [0.05, 0.1) is 6.54 Å². The smallest absolute Gasteiger partial charge is 0.173 e. The van der Waals surface area contributed by atoms with Gasteiger partial charge >= 0.3 is 0 Å². The van der Waals surface area contributed by atoms with Crippen LogP contribution in [0, 0.1) is 0 Å². The van der Waals surface area contributed by atoms with Crippen LogP contribution in [0.15, 0.2) is 55.1 Å². The van der Waals surface area contributed by atoms with Crippen LogP contribution in [0.3, 0.4) is 0 Å². The van der Waals surface area contributed by atoms with Gasteiger partial charge in [-0.1, -0.05) is 30.9 Å². The summed E-state index contributed by atoms with van der Waals surface area (Å²) in [6.45, 7) is 8.63. The van der Waals surface area contributed by atoms with E-state index in [1.165, 1.54) is 0 Å². The zero-order valence-electron chi connectivity index (χ0n) is 15.4. The lowest BCUT2D eigenvalue weighted by atomic mass is 10.1. The Balaban J connectivity index is 1.91. The van der Waals surface area contributed by atoms with Crippen molar-refractivity contribution >= 4 is 23.0 Å². The number of rotatable bonds is 7. The standard InChI is InChI=1S/C21H24N2O3S/c1-3-11-24-18-8-6-5-7-16(18)15-23(21(27)22-4-2)17-9-10-19-20(14-17)26-13-12-25-19/h3,5-10,14H,1,4,11-13,15H2,2H3,(H,22,27). The molecule has 2 aromatic rings. The summed E-state index contributed by atoms with van der Waals surface area (Å²) in [5.41, 5.74) is 1.97. The minimum Gasteiger partial charge on any atom is -0.489 e. The number of hydrogen-bond donors (Lipinski definition) is 1. The number of anilines is 1. The maximum atomic E-state index is 5.80. The molecule has 0 aliphatic carbocycles. The third-order valence-electron chi connectivity index (χ3n) is 4.07. The highest BCUT2D eigenvalue weighted by atomic mass is 32.1. The second kappa shape index (κ2) is 9.28. The van der Waals surface area contributed by atoms with E-state index in [1.54, 1.807) is 6.08 Å². The van der Waals surface area contributed by atoms with Crippen molar-refractivity contribution in [3.63, 3.8) is 0 Å². The number of fused-ring (bicyclic) bond motifs is 1. The number of benzene rings is 2. The average molecular weight is 385 g/mol. The Morgan fingerprint density at radius 2 is 2.00 bits per heavy atom. The maximum Gasteiger partial charge on any atom is 0.173 e. The van der Waals surface area contributed by atoms with Crippen molar-refractivity contribution in [1.82, 2.24) is 5.32 Å². The van der Waals surface area contributed by atoms with Crippen molar-refractivity contribution in [3.8, 4) is 17.2 Å². The monoisotopic (exact) mass is 384 g/mol. The molecule has 0 radical (unpaired) electrons. The Bertz CT molecular complexity index is 810. The van der Waals surface area contributed by atoms with E-state index >= 15 is 0 Å². The fourth-order valence-electron chi connectivity index (χ4n) is 2.82. The predicted octanol–water partition coefficient (Wildman–Crippen LogP) is 3.92. The van der Waals surface area contributed by atoms with Gasteiger partial charge in [-0.3, -0.25) is 0 Å². The van der Waals surface area contributed by atoms with Gasteiger partial charge in [-0.25, -0.2) is 0 Å². The van der Waals surface area contributed by atoms with E-state index in [0.29, 0.717) is 31.5 Å². The molecular formula is C21H24N2O3S. The zero-order valence-corrected chi connectivity index (χ0v) is 16.3. The molecule has 27 heavy (non-hydrogen) atoms. The van der Waals surface area contributed by atoms with Gasteiger partial charge in [0, 0.05) is 23.9 Å². The van der Waals surface area contributed by atoms with E-state index in [2.05, 4.69) is 11.9 Å². The summed E-state index contributed by atoms with van der Waals surface area (Å²) < 4.78 is 17.2. The third-order valence-corrected chi connectivity index (χ3v) is 4.43. The first-order valence-electron chi connectivity index (χ1n) is 8.99. The summed E-state index contributed by atoms with van der Waals surface area (Å²) in [6, 6.07) is 13.8. The quantitative estimate of drug-likeness (QED) is 0.576. The molecule has 142 valence electrons. The number of nitrogens with one attached hydrogen (secondary N) is 1. The molecule has 2 aromatic carbocycles. The lowest BCUT2D eigenvalue weighted by Gasteiger charge is -2.28. The van der Waals surface area contributed by atoms with Crippen LogP contribution in [0.1, 0.15) is 12.5 Å². The van der Waals surface area contributed by atoms with Crippen LogP contribution in [0.25, 0.3) is 0 Å². The van der Waals surface area contributed by atoms with Gasteiger partial charge in [0.25, 0.3) is 0 Å². The molecular weight excluding hydrogens is 360 g/mol. The first kappa shape index (κ1) is 19.0. The Morgan fingerprint density at radius 3 is 2.78 bits per heavy atom. The Morgan fingerprint density at radius 1 is 1.22 bits per heavy atom. The van der Waals surface area contributed by atoms with E-state index in [1.807, 2.05) is 54.3 Å². The normalized spacial score (nSPS) is 12.2. The predicted molar refractivity (Wildman–Crippen MR) is 112 cm³/mol. The van der Waals surface area contributed by atoms with Crippen molar-refractivity contribution in [2.75, 3.05) is 31.3 Å². The van der Waals surface area contributed by atoms with Crippen molar-refractivity contribution in [1.29, 1.82) is 0 Å². The number of hydrogen-bond acceptors (Lipinski definition) is 4. The fraction of sp³-hybridized carbons (Fsp3) is 0.286. The summed E-state index contributed by atoms with van der Waals surface area (Å²) in [7, 11) is 0. The molecule has 0 aromatic heterocycles. The van der Waals surface area contributed by atoms with Crippen LogP contribution in [0.4, 0.5) is 5.69 Å². The van der Waals surface area contributed by atoms with Gasteiger partial charge in [0.15, 0.2) is 16.6 Å². The van der Waals surface area contributed by atoms with Gasteiger partial charge in [0.1, 0.15) is 25.6 Å². The lowest BCUT2D eigenvalue weighted by Crippen LogP contribution is -2.39. The van der Waals surface area contributed by atoms with Gasteiger partial charge in [-0.2, -0.15) is 0 Å². The van der Waals surface area contributed by atoms with Gasteiger partial charge in [-0.15, -0.1) is 0 Å². The molecule has 3 rings (SSSR count). The highest BCUT2D eigenvalue weighted by Gasteiger charge is 2.19. The van der Waals surface area contributed by atoms with Crippen molar-refractivity contribution < 1.29 is 14.2 Å². The van der Waals surface area contributed by atoms with Crippen LogP contribution >= 0.6 is 12.2 Å². The molecule has 1 aliphatic rings. The first-order valence-corrected chi connectivity index (χ1v) is 9.40. The number of para-hydroxylation sites is 1. The second-order valence-corrected chi connectivity index (χ2v) is 6.34. The molecule has 0 bridgehead atoms. The van der Waals surface area contributed by atoms with Crippen LogP contribution in [-0.2, 0) is 6.54 Å². The second-order valence-electron chi connectivity index (χ2n) is 5.96. The lowest BCUT2D eigenvalue weighted by molar-refractivity contribution is 0.171. The first-order chi connectivity index (χ1) is 13.2. The Kier molecular flexibility index (Phi) is 6.54. The highest BCUT2D eigenvalue weighted by molar-refractivity contribution is 7.80. The van der Waals surface area contributed by atoms with Crippen LogP contribution in [0.5, 0.6) is 17.2 Å². The number of thiocarbonyl (C=S) groups is 1. The summed E-state index contributed by atoms with van der Waals surface area (Å²) >= 11 is 5.63. The van der Waals surface area contributed by atoms with E-state index in [-0.39, 0.29) is 0 Å². The molecule has 1 N–H and O–H groups in total. The highest BCUT2D eigenvalue weighted by Crippen LogP contribution is 2.35. The molecule has 1 heterocycles. The molecule has 0 atom stereocenters. The zero-order chi connectivity index (χ0) is 19.1.